The van der Waals surface area contributed by atoms with Gasteiger partial charge in [-0.2, -0.15) is 5.26 Å². The molecule has 2 aromatic rings. The van der Waals surface area contributed by atoms with E-state index in [9.17, 15) is 8.78 Å². The SMILES string of the molecule is CC.Cc1c(F)c(C#N)cc(C#Cc2ccccn2)c1F. The van der Waals surface area contributed by atoms with E-state index in [1.165, 1.54) is 6.92 Å². The Morgan fingerprint density at radius 2 is 1.71 bits per heavy atom. The lowest BCUT2D eigenvalue weighted by Crippen LogP contribution is -1.97. The summed E-state index contributed by atoms with van der Waals surface area (Å²) in [6, 6.07) is 7.95. The molecule has 0 fully saturated rings. The van der Waals surface area contributed by atoms with Gasteiger partial charge in [-0.1, -0.05) is 25.8 Å². The van der Waals surface area contributed by atoms with Crippen molar-refractivity contribution >= 4 is 0 Å². The Hall–Kier alpha value is -2.72. The van der Waals surface area contributed by atoms with Crippen molar-refractivity contribution in [1.29, 1.82) is 5.26 Å². The van der Waals surface area contributed by atoms with Gasteiger partial charge in [0.1, 0.15) is 23.4 Å². The maximum Gasteiger partial charge on any atom is 0.146 e. The number of hydrogen-bond donors (Lipinski definition) is 0. The van der Waals surface area contributed by atoms with Crippen molar-refractivity contribution in [3.63, 3.8) is 0 Å². The first kappa shape index (κ1) is 16.3. The predicted octanol–water partition coefficient (Wildman–Crippen LogP) is 3.97. The molecular weight excluding hydrogens is 270 g/mol. The van der Waals surface area contributed by atoms with Gasteiger partial charge >= 0.3 is 0 Å². The largest absolute Gasteiger partial charge is 0.248 e. The van der Waals surface area contributed by atoms with Crippen LogP contribution in [-0.2, 0) is 0 Å². The van der Waals surface area contributed by atoms with Gasteiger partial charge in [0.2, 0.25) is 0 Å². The molecule has 2 nitrogen and oxygen atoms in total. The molecule has 0 radical (unpaired) electrons. The molecule has 0 unspecified atom stereocenters. The van der Waals surface area contributed by atoms with Gasteiger partial charge in [-0.15, -0.1) is 0 Å². The van der Waals surface area contributed by atoms with E-state index >= 15 is 0 Å². The van der Waals surface area contributed by atoms with E-state index in [2.05, 4.69) is 16.8 Å². The number of hydrogen-bond acceptors (Lipinski definition) is 2. The lowest BCUT2D eigenvalue weighted by Gasteiger charge is -2.02. The molecule has 21 heavy (non-hydrogen) atoms. The van der Waals surface area contributed by atoms with Crippen molar-refractivity contribution in [3.05, 3.63) is 64.5 Å². The normalized spacial score (nSPS) is 8.76. The lowest BCUT2D eigenvalue weighted by atomic mass is 10.1. The van der Waals surface area contributed by atoms with Gasteiger partial charge < -0.3 is 0 Å². The summed E-state index contributed by atoms with van der Waals surface area (Å²) in [7, 11) is 0. The number of nitriles is 1. The first-order valence-corrected chi connectivity index (χ1v) is 6.45. The maximum absolute atomic E-state index is 13.8. The van der Waals surface area contributed by atoms with Gasteiger partial charge in [0.15, 0.2) is 0 Å². The summed E-state index contributed by atoms with van der Waals surface area (Å²) in [6.45, 7) is 5.28. The second-order valence-electron chi connectivity index (χ2n) is 3.80. The predicted molar refractivity (Wildman–Crippen MR) is 77.4 cm³/mol. The Morgan fingerprint density at radius 1 is 1.05 bits per heavy atom. The van der Waals surface area contributed by atoms with Crippen LogP contribution in [0.2, 0.25) is 0 Å². The van der Waals surface area contributed by atoms with Crippen molar-refractivity contribution in [2.45, 2.75) is 20.8 Å². The highest BCUT2D eigenvalue weighted by Crippen LogP contribution is 2.19. The smallest absolute Gasteiger partial charge is 0.146 e. The molecular formula is C17H14F2N2. The van der Waals surface area contributed by atoms with Crippen LogP contribution >= 0.6 is 0 Å². The molecule has 0 N–H and O–H groups in total. The quantitative estimate of drug-likeness (QED) is 0.686. The number of benzene rings is 1. The highest BCUT2D eigenvalue weighted by molar-refractivity contribution is 5.48. The lowest BCUT2D eigenvalue weighted by molar-refractivity contribution is 0.563. The van der Waals surface area contributed by atoms with Crippen molar-refractivity contribution in [1.82, 2.24) is 4.98 Å². The van der Waals surface area contributed by atoms with Gasteiger partial charge in [-0.25, -0.2) is 13.8 Å². The second-order valence-corrected chi connectivity index (χ2v) is 3.80. The first-order valence-electron chi connectivity index (χ1n) is 6.45. The van der Waals surface area contributed by atoms with E-state index < -0.39 is 11.6 Å². The molecule has 1 aromatic heterocycles. The number of aromatic nitrogens is 1. The monoisotopic (exact) mass is 284 g/mol. The van der Waals surface area contributed by atoms with Crippen LogP contribution in [0.3, 0.4) is 0 Å². The summed E-state index contributed by atoms with van der Waals surface area (Å²) >= 11 is 0. The second kappa shape index (κ2) is 7.77. The van der Waals surface area contributed by atoms with Gasteiger partial charge in [-0.3, -0.25) is 0 Å². The molecule has 0 aliphatic heterocycles. The summed E-state index contributed by atoms with van der Waals surface area (Å²) in [6.07, 6.45) is 1.57. The Balaban J connectivity index is 0.00000106. The van der Waals surface area contributed by atoms with Crippen molar-refractivity contribution < 1.29 is 8.78 Å². The standard InChI is InChI=1S/C15H8F2N2.C2H6/c1-10-14(16)11(8-12(9-18)15(10)17)5-6-13-4-2-3-7-19-13;1-2/h2-4,7-8H,1H3;1-2H3. The summed E-state index contributed by atoms with van der Waals surface area (Å²) in [5.41, 5.74) is 0.0390. The molecule has 2 rings (SSSR count). The zero-order valence-electron chi connectivity index (χ0n) is 12.0. The molecule has 0 aliphatic carbocycles. The minimum atomic E-state index is -0.844. The third-order valence-corrected chi connectivity index (χ3v) is 2.53. The third-order valence-electron chi connectivity index (χ3n) is 2.53. The van der Waals surface area contributed by atoms with Gasteiger partial charge in [0.05, 0.1) is 11.1 Å². The van der Waals surface area contributed by atoms with E-state index in [0.717, 1.165) is 6.07 Å². The minimum Gasteiger partial charge on any atom is -0.248 e. The van der Waals surface area contributed by atoms with Crippen LogP contribution in [-0.4, -0.2) is 4.98 Å². The van der Waals surface area contributed by atoms with E-state index in [-0.39, 0.29) is 16.7 Å². The zero-order valence-corrected chi connectivity index (χ0v) is 12.0. The zero-order chi connectivity index (χ0) is 15.8. The fraction of sp³-hybridized carbons (Fsp3) is 0.176. The van der Waals surface area contributed by atoms with Gasteiger partial charge in [0.25, 0.3) is 0 Å². The van der Waals surface area contributed by atoms with E-state index in [4.69, 9.17) is 5.26 Å². The fourth-order valence-electron chi connectivity index (χ4n) is 1.51. The molecule has 4 heteroatoms. The molecule has 0 saturated carbocycles. The van der Waals surface area contributed by atoms with Crippen LogP contribution < -0.4 is 0 Å². The Labute approximate surface area is 123 Å². The van der Waals surface area contributed by atoms with Crippen molar-refractivity contribution in [2.24, 2.45) is 0 Å². The topological polar surface area (TPSA) is 36.7 Å². The van der Waals surface area contributed by atoms with E-state index in [1.807, 2.05) is 13.8 Å². The van der Waals surface area contributed by atoms with Crippen LogP contribution in [0.1, 0.15) is 36.2 Å². The Kier molecular flexibility index (Phi) is 6.04. The molecule has 0 aliphatic rings. The molecule has 0 spiro atoms. The number of nitrogens with zero attached hydrogens (tertiary/aromatic N) is 2. The molecule has 0 saturated heterocycles. The average molecular weight is 284 g/mol. The van der Waals surface area contributed by atoms with Crippen molar-refractivity contribution in [2.75, 3.05) is 0 Å². The van der Waals surface area contributed by atoms with Gasteiger partial charge in [0, 0.05) is 11.8 Å². The van der Waals surface area contributed by atoms with E-state index in [0.29, 0.717) is 5.69 Å². The van der Waals surface area contributed by atoms with Crippen molar-refractivity contribution in [3.8, 4) is 17.9 Å². The molecule has 0 atom stereocenters. The van der Waals surface area contributed by atoms with Crippen LogP contribution in [0.4, 0.5) is 8.78 Å². The Bertz CT molecular complexity index is 720. The van der Waals surface area contributed by atoms with Gasteiger partial charge in [-0.05, 0) is 31.0 Å². The van der Waals surface area contributed by atoms with Crippen LogP contribution in [0, 0.1) is 41.7 Å². The molecule has 106 valence electrons. The first-order chi connectivity index (χ1) is 10.1. The number of rotatable bonds is 0. The molecule has 1 aromatic carbocycles. The average Bonchev–Trinajstić information content (AvgIpc) is 2.55. The summed E-state index contributed by atoms with van der Waals surface area (Å²) < 4.78 is 27.3. The maximum atomic E-state index is 13.8. The van der Waals surface area contributed by atoms with E-state index in [1.54, 1.807) is 30.5 Å². The Morgan fingerprint density at radius 3 is 2.29 bits per heavy atom. The molecule has 0 amide bonds. The van der Waals surface area contributed by atoms with Crippen LogP contribution in [0.25, 0.3) is 0 Å². The van der Waals surface area contributed by atoms with Crippen LogP contribution in [0.15, 0.2) is 30.5 Å². The fourth-order valence-corrected chi connectivity index (χ4v) is 1.51. The minimum absolute atomic E-state index is 0.0129. The molecule has 0 bridgehead atoms. The molecule has 1 heterocycles. The third kappa shape index (κ3) is 3.87. The number of pyridine rings is 1. The summed E-state index contributed by atoms with van der Waals surface area (Å²) in [4.78, 5) is 3.97. The summed E-state index contributed by atoms with van der Waals surface area (Å²) in [5.74, 6) is 3.64. The highest BCUT2D eigenvalue weighted by atomic mass is 19.1. The van der Waals surface area contributed by atoms with Crippen LogP contribution in [0.5, 0.6) is 0 Å². The summed E-state index contributed by atoms with van der Waals surface area (Å²) in [5, 5.41) is 8.77. The highest BCUT2D eigenvalue weighted by Gasteiger charge is 2.13. The number of halogens is 2.